The summed E-state index contributed by atoms with van der Waals surface area (Å²) in [5, 5.41) is 19.7. The maximum absolute atomic E-state index is 10.4. The van der Waals surface area contributed by atoms with Crippen LogP contribution in [0.25, 0.3) is 0 Å². The molecule has 1 N–H and O–H groups in total. The first-order chi connectivity index (χ1) is 5.52. The monoisotopic (exact) mass is 354 g/mol. The second-order valence-corrected chi connectivity index (χ2v) is 5.51. The molecule has 0 atom stereocenters. The van der Waals surface area contributed by atoms with Crippen molar-refractivity contribution in [2.45, 2.75) is 6.92 Å². The van der Waals surface area contributed by atoms with Crippen molar-refractivity contribution in [3.05, 3.63) is 27.8 Å². The summed E-state index contributed by atoms with van der Waals surface area (Å²) in [6, 6.07) is 3.16. The Morgan fingerprint density at radius 1 is 1.58 bits per heavy atom. The third-order valence-electron chi connectivity index (χ3n) is 1.51. The molecule has 0 saturated heterocycles. The summed E-state index contributed by atoms with van der Waals surface area (Å²) < 4.78 is 0.724. The standard InChI is InChI=1S/C7H6NO3.Hg/c1-5-2-3-7(9)6(4-5)8(10)11;/h2,4,9H,1H3;. The van der Waals surface area contributed by atoms with E-state index in [0.717, 1.165) is 8.64 Å². The Labute approximate surface area is 85.3 Å². The van der Waals surface area contributed by atoms with Gasteiger partial charge < -0.3 is 0 Å². The van der Waals surface area contributed by atoms with Crippen LogP contribution in [0, 0.1) is 17.0 Å². The predicted octanol–water partition coefficient (Wildman–Crippen LogP) is 0.781. The average Bonchev–Trinajstić information content (AvgIpc) is 1.96. The minimum absolute atomic E-state index is 0.158. The summed E-state index contributed by atoms with van der Waals surface area (Å²) >= 11 is 0.207. The van der Waals surface area contributed by atoms with Gasteiger partial charge >= 0.3 is 85.4 Å². The van der Waals surface area contributed by atoms with Gasteiger partial charge in [0.25, 0.3) is 0 Å². The van der Waals surface area contributed by atoms with E-state index < -0.39 is 4.92 Å². The number of aromatic hydroxyl groups is 1. The number of aryl methyl sites for hydroxylation is 1. The van der Waals surface area contributed by atoms with E-state index >= 15 is 0 Å². The first-order valence-corrected chi connectivity index (χ1v) is 6.07. The molecule has 0 radical (unpaired) electrons. The predicted molar refractivity (Wildman–Crippen MR) is 39.1 cm³/mol. The Bertz CT molecular complexity index is 338. The van der Waals surface area contributed by atoms with Gasteiger partial charge in [0, 0.05) is 0 Å². The normalized spacial score (nSPS) is 9.92. The van der Waals surface area contributed by atoms with Crippen molar-refractivity contribution >= 4 is 8.76 Å². The van der Waals surface area contributed by atoms with Gasteiger partial charge in [0.1, 0.15) is 0 Å². The van der Waals surface area contributed by atoms with Crippen LogP contribution in [-0.2, 0) is 26.1 Å². The number of rotatable bonds is 1. The Morgan fingerprint density at radius 3 is 2.67 bits per heavy atom. The molecule has 0 aliphatic heterocycles. The fraction of sp³-hybridized carbons (Fsp3) is 0.143. The molecule has 0 saturated carbocycles. The van der Waals surface area contributed by atoms with Crippen molar-refractivity contribution in [1.82, 2.24) is 0 Å². The van der Waals surface area contributed by atoms with Gasteiger partial charge in [-0.15, -0.1) is 0 Å². The molecule has 0 fully saturated rings. The SMILES string of the molecule is Cc1c[c]([Hg])c(O)c([N+](=O)[O-])c1. The summed E-state index contributed by atoms with van der Waals surface area (Å²) in [6.07, 6.45) is 0. The van der Waals surface area contributed by atoms with E-state index in [2.05, 4.69) is 0 Å². The van der Waals surface area contributed by atoms with Crippen LogP contribution in [0.15, 0.2) is 12.1 Å². The Morgan fingerprint density at radius 2 is 2.17 bits per heavy atom. The molecule has 1 rings (SSSR count). The van der Waals surface area contributed by atoms with Crippen molar-refractivity contribution in [3.8, 4) is 5.75 Å². The summed E-state index contributed by atoms with van der Waals surface area (Å²) in [6.45, 7) is 1.78. The van der Waals surface area contributed by atoms with Gasteiger partial charge in [0.2, 0.25) is 0 Å². The van der Waals surface area contributed by atoms with Crippen molar-refractivity contribution in [3.63, 3.8) is 0 Å². The van der Waals surface area contributed by atoms with Gasteiger partial charge in [-0.2, -0.15) is 0 Å². The molecular formula is C7H6HgNO3. The van der Waals surface area contributed by atoms with Gasteiger partial charge in [-0.1, -0.05) is 0 Å². The third-order valence-corrected chi connectivity index (χ3v) is 3.61. The fourth-order valence-electron chi connectivity index (χ4n) is 0.973. The van der Waals surface area contributed by atoms with Crippen LogP contribution in [0.3, 0.4) is 0 Å². The van der Waals surface area contributed by atoms with Gasteiger partial charge in [-0.3, -0.25) is 0 Å². The summed E-state index contributed by atoms with van der Waals surface area (Å²) in [5.41, 5.74) is 0.643. The molecule has 59 valence electrons. The number of benzene rings is 1. The Balaban J connectivity index is 3.37. The molecule has 0 spiro atoms. The first kappa shape index (κ1) is 9.44. The van der Waals surface area contributed by atoms with Crippen LogP contribution in [0.5, 0.6) is 5.75 Å². The van der Waals surface area contributed by atoms with Crippen LogP contribution in [0.1, 0.15) is 5.56 Å². The second kappa shape index (κ2) is 3.39. The van der Waals surface area contributed by atoms with Gasteiger partial charge in [0.05, 0.1) is 0 Å². The molecule has 5 heteroatoms. The fourth-order valence-corrected chi connectivity index (χ4v) is 2.93. The average molecular weight is 353 g/mol. The van der Waals surface area contributed by atoms with E-state index in [1.54, 1.807) is 13.0 Å². The molecule has 0 heterocycles. The van der Waals surface area contributed by atoms with Crippen LogP contribution >= 0.6 is 0 Å². The van der Waals surface area contributed by atoms with E-state index in [9.17, 15) is 15.2 Å². The van der Waals surface area contributed by atoms with Gasteiger partial charge in [0.15, 0.2) is 0 Å². The van der Waals surface area contributed by atoms with E-state index in [0.29, 0.717) is 0 Å². The third kappa shape index (κ3) is 1.74. The molecule has 4 nitrogen and oxygen atoms in total. The van der Waals surface area contributed by atoms with Crippen molar-refractivity contribution in [1.29, 1.82) is 0 Å². The molecular weight excluding hydrogens is 347 g/mol. The van der Waals surface area contributed by atoms with Crippen molar-refractivity contribution in [2.24, 2.45) is 0 Å². The Kier molecular flexibility index (Phi) is 2.67. The van der Waals surface area contributed by atoms with E-state index in [1.165, 1.54) is 6.07 Å². The van der Waals surface area contributed by atoms with Crippen LogP contribution in [0.4, 0.5) is 5.69 Å². The van der Waals surface area contributed by atoms with E-state index in [-0.39, 0.29) is 37.6 Å². The minimum atomic E-state index is -0.557. The van der Waals surface area contributed by atoms with Gasteiger partial charge in [-0.05, 0) is 0 Å². The number of phenolic OH excluding ortho intramolecular Hbond substituents is 1. The summed E-state index contributed by atoms with van der Waals surface area (Å²) in [7, 11) is 0. The van der Waals surface area contributed by atoms with Crippen molar-refractivity contribution < 1.29 is 36.2 Å². The number of nitro groups is 1. The molecule has 12 heavy (non-hydrogen) atoms. The molecule has 0 unspecified atom stereocenters. The second-order valence-electron chi connectivity index (χ2n) is 2.55. The van der Waals surface area contributed by atoms with Crippen LogP contribution in [-0.4, -0.2) is 10.0 Å². The number of hydrogen-bond donors (Lipinski definition) is 1. The van der Waals surface area contributed by atoms with Gasteiger partial charge in [-0.25, -0.2) is 0 Å². The molecule has 0 amide bonds. The quantitative estimate of drug-likeness (QED) is 0.461. The zero-order valence-corrected chi connectivity index (χ0v) is 12.1. The maximum atomic E-state index is 10.4. The van der Waals surface area contributed by atoms with E-state index in [4.69, 9.17) is 0 Å². The number of phenols is 1. The molecule has 0 aliphatic rings. The molecule has 1 aromatic carbocycles. The zero-order valence-electron chi connectivity index (χ0n) is 6.57. The first-order valence-electron chi connectivity index (χ1n) is 3.32. The topological polar surface area (TPSA) is 63.4 Å². The summed E-state index contributed by atoms with van der Waals surface area (Å²) in [4.78, 5) is 9.84. The number of nitrogens with zero attached hydrogens (tertiary/aromatic N) is 1. The molecule has 1 aromatic rings. The van der Waals surface area contributed by atoms with Crippen LogP contribution < -0.4 is 3.07 Å². The van der Waals surface area contributed by atoms with Crippen LogP contribution in [0.2, 0.25) is 0 Å². The summed E-state index contributed by atoms with van der Waals surface area (Å²) in [5.74, 6) is -0.158. The van der Waals surface area contributed by atoms with E-state index in [1.807, 2.05) is 0 Å². The Hall–Kier alpha value is -0.645. The molecule has 0 bridgehead atoms. The number of hydrogen-bond acceptors (Lipinski definition) is 3. The zero-order chi connectivity index (χ0) is 9.30. The van der Waals surface area contributed by atoms with Crippen molar-refractivity contribution in [2.75, 3.05) is 0 Å². The molecule has 0 aliphatic carbocycles. The molecule has 0 aromatic heterocycles. The number of nitro benzene ring substituents is 1.